The maximum Gasteiger partial charge on any atom is 0.0982 e. The van der Waals surface area contributed by atoms with Crippen LogP contribution in [0.3, 0.4) is 0 Å². The van der Waals surface area contributed by atoms with Crippen molar-refractivity contribution >= 4 is 10.1 Å². The fraction of sp³-hybridized carbons (Fsp3) is 0.538. The smallest absolute Gasteiger partial charge is 0.0982 e. The molecule has 0 aromatic rings. The minimum absolute atomic E-state index is 0.479. The Balaban J connectivity index is 0.000000360. The third kappa shape index (κ3) is 7.42. The van der Waals surface area contributed by atoms with Crippen molar-refractivity contribution in [2.45, 2.75) is 12.8 Å². The zero-order chi connectivity index (χ0) is 14.1. The van der Waals surface area contributed by atoms with Gasteiger partial charge < -0.3 is 9.04 Å². The molecule has 0 unspecified atom stereocenters. The summed E-state index contributed by atoms with van der Waals surface area (Å²) in [6, 6.07) is 0. The van der Waals surface area contributed by atoms with Crippen molar-refractivity contribution in [2.24, 2.45) is 0 Å². The van der Waals surface area contributed by atoms with Gasteiger partial charge in [-0.15, -0.1) is 6.58 Å². The van der Waals surface area contributed by atoms with E-state index < -0.39 is 15.9 Å². The van der Waals surface area contributed by atoms with Gasteiger partial charge in [0.25, 0.3) is 0 Å². The molecule has 0 aromatic carbocycles. The van der Waals surface area contributed by atoms with Crippen LogP contribution in [-0.2, 0) is 10.1 Å². The summed E-state index contributed by atoms with van der Waals surface area (Å²) in [4.78, 5) is 0. The molecule has 1 saturated heterocycles. The van der Waals surface area contributed by atoms with E-state index in [1.165, 1.54) is 30.4 Å². The lowest BCUT2D eigenvalue weighted by atomic mass is 10.3. The van der Waals surface area contributed by atoms with Crippen molar-refractivity contribution in [3.8, 4) is 0 Å². The molecule has 104 valence electrons. The molecule has 0 amide bonds. The monoisotopic (exact) mass is 273 g/mol. The first-order valence-corrected chi connectivity index (χ1v) is 7.58. The first-order chi connectivity index (χ1) is 8.39. The molecule has 0 aromatic heterocycles. The highest BCUT2D eigenvalue weighted by molar-refractivity contribution is 7.85. The van der Waals surface area contributed by atoms with Crippen LogP contribution in [0.2, 0.25) is 0 Å². The van der Waals surface area contributed by atoms with E-state index in [0.29, 0.717) is 0 Å². The van der Waals surface area contributed by atoms with Crippen molar-refractivity contribution in [1.29, 1.82) is 0 Å². The predicted octanol–water partition coefficient (Wildman–Crippen LogP) is 1.69. The highest BCUT2D eigenvalue weighted by Crippen LogP contribution is 2.18. The van der Waals surface area contributed by atoms with E-state index in [-0.39, 0.29) is 0 Å². The largest absolute Gasteiger partial charge is 0.748 e. The average molecular weight is 273 g/mol. The van der Waals surface area contributed by atoms with E-state index in [4.69, 9.17) is 0 Å². The molecule has 1 heterocycles. The highest BCUT2D eigenvalue weighted by Gasteiger charge is 2.28. The summed E-state index contributed by atoms with van der Waals surface area (Å²) in [7, 11) is -4.04. The number of hydrogen-bond acceptors (Lipinski definition) is 3. The first-order valence-electron chi connectivity index (χ1n) is 6.00. The van der Waals surface area contributed by atoms with Crippen LogP contribution in [0.5, 0.6) is 0 Å². The molecule has 0 aliphatic carbocycles. The van der Waals surface area contributed by atoms with Gasteiger partial charge in [0, 0.05) is 12.8 Å². The molecule has 4 nitrogen and oxygen atoms in total. The normalized spacial score (nSPS) is 17.4. The van der Waals surface area contributed by atoms with Crippen molar-refractivity contribution < 1.29 is 17.5 Å². The summed E-state index contributed by atoms with van der Waals surface area (Å²) in [5.41, 5.74) is 0. The van der Waals surface area contributed by atoms with Gasteiger partial charge >= 0.3 is 0 Å². The molecule has 18 heavy (non-hydrogen) atoms. The molecular formula is C13H23NO3S. The third-order valence-electron chi connectivity index (χ3n) is 2.87. The van der Waals surface area contributed by atoms with Gasteiger partial charge in [-0.25, -0.2) is 8.42 Å². The number of rotatable bonds is 6. The molecule has 1 aliphatic heterocycles. The van der Waals surface area contributed by atoms with Crippen LogP contribution in [0.15, 0.2) is 38.0 Å². The summed E-state index contributed by atoms with van der Waals surface area (Å²) in [5.74, 6) is -0.479. The second-order valence-electron chi connectivity index (χ2n) is 4.45. The average Bonchev–Trinajstić information content (AvgIpc) is 2.67. The highest BCUT2D eigenvalue weighted by atomic mass is 32.2. The Morgan fingerprint density at radius 2 is 1.44 bits per heavy atom. The Labute approximate surface area is 111 Å². The van der Waals surface area contributed by atoms with Crippen LogP contribution in [0.1, 0.15) is 12.8 Å². The Bertz CT molecular complexity index is 356. The molecule has 1 aliphatic rings. The molecule has 0 atom stereocenters. The van der Waals surface area contributed by atoms with Crippen LogP contribution in [0.4, 0.5) is 0 Å². The van der Waals surface area contributed by atoms with Gasteiger partial charge in [0.2, 0.25) is 0 Å². The Kier molecular flexibility index (Phi) is 7.82. The molecule has 0 spiro atoms. The maximum atomic E-state index is 9.60. The van der Waals surface area contributed by atoms with Crippen LogP contribution >= 0.6 is 0 Å². The van der Waals surface area contributed by atoms with Gasteiger partial charge in [-0.2, -0.15) is 0 Å². The number of quaternary nitrogens is 1. The molecule has 0 bridgehead atoms. The SMILES string of the molecule is C=CCS(=O)(=O)[O-].C=CC[N+]1(CC=C)CCCC1. The van der Waals surface area contributed by atoms with E-state index in [1.807, 2.05) is 12.2 Å². The Morgan fingerprint density at radius 3 is 1.67 bits per heavy atom. The Hall–Kier alpha value is -0.910. The van der Waals surface area contributed by atoms with Crippen molar-refractivity contribution in [3.05, 3.63) is 38.0 Å². The molecule has 5 heteroatoms. The summed E-state index contributed by atoms with van der Waals surface area (Å²) < 4.78 is 30.0. The lowest BCUT2D eigenvalue weighted by Gasteiger charge is -2.31. The lowest BCUT2D eigenvalue weighted by molar-refractivity contribution is -0.905. The minimum Gasteiger partial charge on any atom is -0.748 e. The quantitative estimate of drug-likeness (QED) is 0.420. The summed E-state index contributed by atoms with van der Waals surface area (Å²) >= 11 is 0. The van der Waals surface area contributed by atoms with Gasteiger partial charge in [0.1, 0.15) is 0 Å². The van der Waals surface area contributed by atoms with Crippen LogP contribution in [0.25, 0.3) is 0 Å². The molecule has 1 fully saturated rings. The Morgan fingerprint density at radius 1 is 1.00 bits per heavy atom. The van der Waals surface area contributed by atoms with Gasteiger partial charge in [-0.1, -0.05) is 19.2 Å². The standard InChI is InChI=1S/C10H18N.C3H6O3S/c1-3-7-11(8-4-2)9-5-6-10-11;1-2-3-7(4,5)6/h3-4H,1-2,5-10H2;2H,1,3H2,(H,4,5,6)/q+1;/p-1. The van der Waals surface area contributed by atoms with Crippen molar-refractivity contribution in [3.63, 3.8) is 0 Å². The van der Waals surface area contributed by atoms with Gasteiger partial charge in [0.05, 0.1) is 42.1 Å². The summed E-state index contributed by atoms with van der Waals surface area (Å²) in [6.45, 7) is 15.5. The second-order valence-corrected chi connectivity index (χ2v) is 5.90. The minimum atomic E-state index is -4.04. The lowest BCUT2D eigenvalue weighted by Crippen LogP contribution is -2.45. The maximum absolute atomic E-state index is 9.60. The second kappa shape index (κ2) is 8.24. The molecule has 1 rings (SSSR count). The molecule has 0 N–H and O–H groups in total. The van der Waals surface area contributed by atoms with E-state index >= 15 is 0 Å². The molecule has 0 radical (unpaired) electrons. The number of nitrogens with zero attached hydrogens (tertiary/aromatic N) is 1. The summed E-state index contributed by atoms with van der Waals surface area (Å²) in [5, 5.41) is 0. The zero-order valence-corrected chi connectivity index (χ0v) is 11.7. The van der Waals surface area contributed by atoms with Crippen LogP contribution in [-0.4, -0.2) is 49.4 Å². The first kappa shape index (κ1) is 17.1. The zero-order valence-electron chi connectivity index (χ0n) is 10.9. The van der Waals surface area contributed by atoms with Gasteiger partial charge in [0.15, 0.2) is 0 Å². The van der Waals surface area contributed by atoms with Gasteiger partial charge in [-0.3, -0.25) is 0 Å². The molecular weight excluding hydrogens is 250 g/mol. The van der Waals surface area contributed by atoms with E-state index in [0.717, 1.165) is 19.2 Å². The fourth-order valence-corrected chi connectivity index (χ4v) is 2.43. The van der Waals surface area contributed by atoms with E-state index in [9.17, 15) is 13.0 Å². The fourth-order valence-electron chi connectivity index (χ4n) is 2.14. The van der Waals surface area contributed by atoms with Gasteiger partial charge in [-0.05, 0) is 12.2 Å². The van der Waals surface area contributed by atoms with Crippen molar-refractivity contribution in [2.75, 3.05) is 31.9 Å². The number of hydrogen-bond donors (Lipinski definition) is 0. The van der Waals surface area contributed by atoms with E-state index in [1.54, 1.807) is 0 Å². The van der Waals surface area contributed by atoms with Crippen molar-refractivity contribution in [1.82, 2.24) is 0 Å². The predicted molar refractivity (Wildman–Crippen MR) is 74.1 cm³/mol. The topological polar surface area (TPSA) is 57.2 Å². The third-order valence-corrected chi connectivity index (χ3v) is 3.51. The van der Waals surface area contributed by atoms with Crippen LogP contribution in [0, 0.1) is 0 Å². The van der Waals surface area contributed by atoms with E-state index in [2.05, 4.69) is 19.7 Å². The number of likely N-dealkylation sites (tertiary alicyclic amines) is 1. The van der Waals surface area contributed by atoms with Crippen LogP contribution < -0.4 is 0 Å². The molecule has 0 saturated carbocycles. The summed E-state index contributed by atoms with van der Waals surface area (Å²) in [6.07, 6.45) is 7.88.